The van der Waals surface area contributed by atoms with Crippen molar-refractivity contribution in [3.8, 4) is 0 Å². The molecule has 0 bridgehead atoms. The highest BCUT2D eigenvalue weighted by atomic mass is 79.9. The molecule has 0 spiro atoms. The smallest absolute Gasteiger partial charge is 0.309 e. The van der Waals surface area contributed by atoms with E-state index < -0.39 is 0 Å². The molecule has 0 saturated carbocycles. The first kappa shape index (κ1) is 17.3. The van der Waals surface area contributed by atoms with Crippen LogP contribution in [0.4, 0.5) is 5.69 Å². The molecule has 1 aromatic heterocycles. The molecule has 3 rings (SSSR count). The molecule has 0 radical (unpaired) electrons. The Kier molecular flexibility index (Phi) is 5.17. The summed E-state index contributed by atoms with van der Waals surface area (Å²) in [6.07, 6.45) is 3.97. The Morgan fingerprint density at radius 3 is 3.08 bits per heavy atom. The zero-order valence-corrected chi connectivity index (χ0v) is 15.1. The summed E-state index contributed by atoms with van der Waals surface area (Å²) in [5.41, 5.74) is 1.21. The lowest BCUT2D eigenvalue weighted by Gasteiger charge is -2.33. The first-order chi connectivity index (χ1) is 11.5. The van der Waals surface area contributed by atoms with Gasteiger partial charge in [0.15, 0.2) is 0 Å². The van der Waals surface area contributed by atoms with E-state index in [2.05, 4.69) is 33.2 Å². The van der Waals surface area contributed by atoms with Crippen molar-refractivity contribution < 1.29 is 10.0 Å². The Bertz CT molecular complexity index is 748. The Morgan fingerprint density at radius 2 is 2.38 bits per heavy atom. The topological polar surface area (TPSA) is 93.2 Å². The van der Waals surface area contributed by atoms with Gasteiger partial charge in [0, 0.05) is 12.6 Å². The highest BCUT2D eigenvalue weighted by Gasteiger charge is 2.28. The largest absolute Gasteiger partial charge is 0.391 e. The van der Waals surface area contributed by atoms with E-state index in [-0.39, 0.29) is 28.7 Å². The van der Waals surface area contributed by atoms with Gasteiger partial charge in [-0.2, -0.15) is 0 Å². The fourth-order valence-corrected chi connectivity index (χ4v) is 3.93. The molecule has 0 amide bonds. The number of benzene rings is 1. The standard InChI is InChI=1S/C16H21BrN4O3/c1-10(14-13(22)3-2-7-18-14)6-8-20-9-19-12-5-4-11(17)15(16(12)20)21(23)24/h4-5,9-10,13-14,18,22H,2-3,6-8H2,1H3/t10?,13-,14+/m0/s1. The monoisotopic (exact) mass is 396 g/mol. The highest BCUT2D eigenvalue weighted by Crippen LogP contribution is 2.33. The van der Waals surface area contributed by atoms with Crippen molar-refractivity contribution in [2.75, 3.05) is 6.54 Å². The van der Waals surface area contributed by atoms with E-state index in [1.54, 1.807) is 18.5 Å². The van der Waals surface area contributed by atoms with E-state index in [4.69, 9.17) is 0 Å². The van der Waals surface area contributed by atoms with E-state index in [1.165, 1.54) is 0 Å². The van der Waals surface area contributed by atoms with Crippen molar-refractivity contribution in [3.05, 3.63) is 33.0 Å². The number of aliphatic hydroxyl groups excluding tert-OH is 1. The molecule has 1 aliphatic rings. The maximum Gasteiger partial charge on any atom is 0.309 e. The Morgan fingerprint density at radius 1 is 1.58 bits per heavy atom. The Hall–Kier alpha value is -1.51. The second kappa shape index (κ2) is 7.16. The van der Waals surface area contributed by atoms with Crippen LogP contribution in [0.25, 0.3) is 11.0 Å². The number of imidazole rings is 1. The predicted octanol–water partition coefficient (Wildman–Crippen LogP) is 2.85. The van der Waals surface area contributed by atoms with Gasteiger partial charge in [0.2, 0.25) is 0 Å². The predicted molar refractivity (Wildman–Crippen MR) is 94.9 cm³/mol. The van der Waals surface area contributed by atoms with Gasteiger partial charge in [0.1, 0.15) is 5.52 Å². The van der Waals surface area contributed by atoms with Crippen molar-refractivity contribution in [1.29, 1.82) is 0 Å². The number of nitro benzene ring substituents is 1. The maximum absolute atomic E-state index is 11.4. The van der Waals surface area contributed by atoms with E-state index in [0.717, 1.165) is 25.8 Å². The van der Waals surface area contributed by atoms with Gasteiger partial charge in [0.05, 0.1) is 27.3 Å². The van der Waals surface area contributed by atoms with Crippen molar-refractivity contribution in [2.24, 2.45) is 5.92 Å². The normalized spacial score (nSPS) is 22.6. The van der Waals surface area contributed by atoms with Crippen LogP contribution in [0, 0.1) is 16.0 Å². The molecule has 130 valence electrons. The van der Waals surface area contributed by atoms with E-state index in [1.807, 2.05) is 4.57 Å². The molecular weight excluding hydrogens is 376 g/mol. The fourth-order valence-electron chi connectivity index (χ4n) is 3.46. The molecule has 8 heteroatoms. The molecule has 1 unspecified atom stereocenters. The van der Waals surface area contributed by atoms with Crippen LogP contribution in [0.2, 0.25) is 0 Å². The Labute approximate surface area is 148 Å². The second-order valence-electron chi connectivity index (χ2n) is 6.41. The summed E-state index contributed by atoms with van der Waals surface area (Å²) in [4.78, 5) is 15.3. The molecule has 7 nitrogen and oxygen atoms in total. The number of rotatable bonds is 5. The number of hydrogen-bond donors (Lipinski definition) is 2. The number of halogens is 1. The second-order valence-corrected chi connectivity index (χ2v) is 7.27. The minimum Gasteiger partial charge on any atom is -0.391 e. The van der Waals surface area contributed by atoms with Crippen LogP contribution < -0.4 is 5.32 Å². The zero-order chi connectivity index (χ0) is 17.3. The third kappa shape index (κ3) is 3.31. The summed E-state index contributed by atoms with van der Waals surface area (Å²) >= 11 is 3.26. The van der Waals surface area contributed by atoms with Gasteiger partial charge >= 0.3 is 5.69 Å². The van der Waals surface area contributed by atoms with Crippen LogP contribution in [0.3, 0.4) is 0 Å². The molecule has 1 fully saturated rings. The van der Waals surface area contributed by atoms with Crippen LogP contribution in [0.1, 0.15) is 26.2 Å². The Balaban J connectivity index is 1.80. The fraction of sp³-hybridized carbons (Fsp3) is 0.562. The van der Waals surface area contributed by atoms with E-state index in [9.17, 15) is 15.2 Å². The summed E-state index contributed by atoms with van der Waals surface area (Å²) in [7, 11) is 0. The maximum atomic E-state index is 11.4. The molecule has 2 heterocycles. The number of nitrogens with one attached hydrogen (secondary N) is 1. The minimum atomic E-state index is -0.375. The summed E-state index contributed by atoms with van der Waals surface area (Å²) < 4.78 is 2.29. The van der Waals surface area contributed by atoms with Gasteiger partial charge in [-0.25, -0.2) is 4.98 Å². The van der Waals surface area contributed by atoms with Crippen LogP contribution in [-0.4, -0.2) is 38.3 Å². The zero-order valence-electron chi connectivity index (χ0n) is 13.5. The number of aromatic nitrogens is 2. The van der Waals surface area contributed by atoms with Crippen molar-refractivity contribution in [1.82, 2.24) is 14.9 Å². The number of aryl methyl sites for hydroxylation is 1. The van der Waals surface area contributed by atoms with Gasteiger partial charge in [-0.3, -0.25) is 10.1 Å². The first-order valence-electron chi connectivity index (χ1n) is 8.18. The molecule has 24 heavy (non-hydrogen) atoms. The van der Waals surface area contributed by atoms with E-state index >= 15 is 0 Å². The number of nitro groups is 1. The lowest BCUT2D eigenvalue weighted by molar-refractivity contribution is -0.384. The highest BCUT2D eigenvalue weighted by molar-refractivity contribution is 9.10. The van der Waals surface area contributed by atoms with Crippen molar-refractivity contribution in [3.63, 3.8) is 0 Å². The van der Waals surface area contributed by atoms with Crippen LogP contribution in [-0.2, 0) is 6.54 Å². The van der Waals surface area contributed by atoms with Crippen LogP contribution in [0.5, 0.6) is 0 Å². The lowest BCUT2D eigenvalue weighted by atomic mass is 9.89. The number of fused-ring (bicyclic) bond motifs is 1. The summed E-state index contributed by atoms with van der Waals surface area (Å²) in [6, 6.07) is 3.51. The number of aliphatic hydroxyl groups is 1. The number of nitrogens with zero attached hydrogens (tertiary/aromatic N) is 3. The van der Waals surface area contributed by atoms with Crippen LogP contribution in [0.15, 0.2) is 22.9 Å². The average molecular weight is 397 g/mol. The molecule has 0 aliphatic carbocycles. The quantitative estimate of drug-likeness (QED) is 0.598. The lowest BCUT2D eigenvalue weighted by Crippen LogP contribution is -2.48. The SMILES string of the molecule is CC(CCn1cnc2ccc(Br)c([N+](=O)[O-])c21)[C@H]1NCCC[C@@H]1O. The van der Waals surface area contributed by atoms with E-state index in [0.29, 0.717) is 22.1 Å². The number of piperidine rings is 1. The molecule has 2 aromatic rings. The van der Waals surface area contributed by atoms with Gasteiger partial charge in [-0.05, 0) is 59.8 Å². The molecule has 1 saturated heterocycles. The third-order valence-electron chi connectivity index (χ3n) is 4.80. The average Bonchev–Trinajstić information content (AvgIpc) is 2.95. The molecule has 3 atom stereocenters. The minimum absolute atomic E-state index is 0.0495. The van der Waals surface area contributed by atoms with Crippen LogP contribution >= 0.6 is 15.9 Å². The summed E-state index contributed by atoms with van der Waals surface area (Å²) in [6.45, 7) is 3.66. The molecule has 1 aromatic carbocycles. The molecule has 1 aliphatic heterocycles. The van der Waals surface area contributed by atoms with Gasteiger partial charge in [-0.1, -0.05) is 6.92 Å². The number of hydrogen-bond acceptors (Lipinski definition) is 5. The van der Waals surface area contributed by atoms with Crippen molar-refractivity contribution in [2.45, 2.75) is 44.9 Å². The summed E-state index contributed by atoms with van der Waals surface area (Å²) in [5, 5.41) is 24.9. The molecule has 2 N–H and O–H groups in total. The van der Waals surface area contributed by atoms with Gasteiger partial charge in [-0.15, -0.1) is 0 Å². The molecular formula is C16H21BrN4O3. The first-order valence-corrected chi connectivity index (χ1v) is 8.97. The van der Waals surface area contributed by atoms with Gasteiger partial charge in [0.25, 0.3) is 0 Å². The summed E-state index contributed by atoms with van der Waals surface area (Å²) in [5.74, 6) is 0.268. The third-order valence-corrected chi connectivity index (χ3v) is 5.44. The van der Waals surface area contributed by atoms with Crippen molar-refractivity contribution >= 4 is 32.7 Å². The van der Waals surface area contributed by atoms with Gasteiger partial charge < -0.3 is 15.0 Å².